The van der Waals surface area contributed by atoms with Crippen LogP contribution in [0, 0.1) is 17.8 Å². The fraction of sp³-hybridized carbons (Fsp3) is 0.615. The number of hydrogen-bond donors (Lipinski definition) is 1. The third-order valence-electron chi connectivity index (χ3n) is 7.51. The maximum Gasteiger partial charge on any atom is 0.308 e. The van der Waals surface area contributed by atoms with Crippen molar-refractivity contribution in [1.82, 2.24) is 9.88 Å². The Morgan fingerprint density at radius 2 is 2.06 bits per heavy atom. The van der Waals surface area contributed by atoms with Crippen LogP contribution in [0.25, 0.3) is 10.9 Å². The van der Waals surface area contributed by atoms with Crippen molar-refractivity contribution >= 4 is 16.9 Å². The molecule has 6 heteroatoms. The molecule has 0 unspecified atom stereocenters. The molecule has 0 spiro atoms. The van der Waals surface area contributed by atoms with Crippen LogP contribution in [-0.4, -0.2) is 47.7 Å². The number of fused-ring (bicyclic) bond motifs is 1. The maximum atomic E-state index is 15.3. The lowest BCUT2D eigenvalue weighted by atomic mass is 9.80. The van der Waals surface area contributed by atoms with Crippen molar-refractivity contribution in [2.24, 2.45) is 17.8 Å². The number of carbonyl (C=O) groups is 1. The third-order valence-corrected chi connectivity index (χ3v) is 7.51. The van der Waals surface area contributed by atoms with Crippen LogP contribution in [-0.2, 0) is 4.79 Å². The van der Waals surface area contributed by atoms with Crippen molar-refractivity contribution in [3.05, 3.63) is 36.0 Å². The monoisotopic (exact) mass is 442 g/mol. The van der Waals surface area contributed by atoms with E-state index in [4.69, 9.17) is 4.74 Å². The highest BCUT2D eigenvalue weighted by Crippen LogP contribution is 2.36. The molecule has 2 fully saturated rings. The number of hydrogen-bond acceptors (Lipinski definition) is 4. The third kappa shape index (κ3) is 5.40. The summed E-state index contributed by atoms with van der Waals surface area (Å²) in [5, 5.41) is 10.6. The van der Waals surface area contributed by atoms with Crippen molar-refractivity contribution in [1.29, 1.82) is 0 Å². The number of likely N-dealkylation sites (tertiary alicyclic amines) is 1. The minimum absolute atomic E-state index is 0.0241. The summed E-state index contributed by atoms with van der Waals surface area (Å²) >= 11 is 0. The Morgan fingerprint density at radius 1 is 1.25 bits per heavy atom. The highest BCUT2D eigenvalue weighted by atomic mass is 19.1. The summed E-state index contributed by atoms with van der Waals surface area (Å²) < 4.78 is 20.6. The summed E-state index contributed by atoms with van der Waals surface area (Å²) in [4.78, 5) is 18.7. The molecule has 0 amide bonds. The number of nitrogens with zero attached hydrogens (tertiary/aromatic N) is 2. The predicted octanol–water partition coefficient (Wildman–Crippen LogP) is 5.64. The number of aromatic nitrogens is 1. The van der Waals surface area contributed by atoms with Gasteiger partial charge in [-0.1, -0.05) is 19.3 Å². The molecule has 2 aromatic rings. The fourth-order valence-electron chi connectivity index (χ4n) is 5.66. The van der Waals surface area contributed by atoms with Gasteiger partial charge in [0.2, 0.25) is 0 Å². The Bertz CT molecular complexity index is 915. The number of carboxylic acid groups (broad SMARTS) is 1. The summed E-state index contributed by atoms with van der Waals surface area (Å²) in [6, 6.07) is 7.22. The first-order valence-corrected chi connectivity index (χ1v) is 12.1. The van der Waals surface area contributed by atoms with Crippen LogP contribution in [0.2, 0.25) is 0 Å². The van der Waals surface area contributed by atoms with Gasteiger partial charge in [0.25, 0.3) is 0 Å². The van der Waals surface area contributed by atoms with Gasteiger partial charge in [0, 0.05) is 24.7 Å². The molecular formula is C26H35FN2O3. The Morgan fingerprint density at radius 3 is 2.81 bits per heavy atom. The maximum absolute atomic E-state index is 15.3. The first-order chi connectivity index (χ1) is 15.5. The van der Waals surface area contributed by atoms with E-state index < -0.39 is 18.1 Å². The predicted molar refractivity (Wildman–Crippen MR) is 124 cm³/mol. The zero-order chi connectivity index (χ0) is 22.5. The molecule has 1 saturated carbocycles. The number of ether oxygens (including phenoxy) is 1. The number of aliphatic carboxylic acids is 1. The van der Waals surface area contributed by atoms with Gasteiger partial charge >= 0.3 is 5.97 Å². The number of alkyl halides is 1. The number of benzene rings is 1. The van der Waals surface area contributed by atoms with Crippen LogP contribution in [0.4, 0.5) is 4.39 Å². The van der Waals surface area contributed by atoms with E-state index in [1.54, 1.807) is 19.4 Å². The van der Waals surface area contributed by atoms with Crippen LogP contribution in [0.1, 0.15) is 63.1 Å². The second-order valence-electron chi connectivity index (χ2n) is 9.59. The molecule has 32 heavy (non-hydrogen) atoms. The van der Waals surface area contributed by atoms with Crippen LogP contribution < -0.4 is 4.74 Å². The normalized spacial score (nSPS) is 23.8. The van der Waals surface area contributed by atoms with E-state index >= 15 is 4.39 Å². The van der Waals surface area contributed by atoms with Gasteiger partial charge in [0.1, 0.15) is 11.9 Å². The smallest absolute Gasteiger partial charge is 0.308 e. The first kappa shape index (κ1) is 23.0. The Labute approximate surface area is 190 Å². The van der Waals surface area contributed by atoms with Gasteiger partial charge in [-0.3, -0.25) is 9.78 Å². The van der Waals surface area contributed by atoms with Gasteiger partial charge in [-0.2, -0.15) is 0 Å². The first-order valence-electron chi connectivity index (χ1n) is 12.1. The topological polar surface area (TPSA) is 62.7 Å². The summed E-state index contributed by atoms with van der Waals surface area (Å²) in [6.45, 7) is 2.55. The molecule has 4 rings (SSSR count). The number of pyridine rings is 1. The Kier molecular flexibility index (Phi) is 7.61. The van der Waals surface area contributed by atoms with E-state index in [1.807, 2.05) is 18.2 Å². The van der Waals surface area contributed by atoms with Gasteiger partial charge in [0.15, 0.2) is 0 Å². The van der Waals surface area contributed by atoms with Crippen LogP contribution >= 0.6 is 0 Å². The molecule has 1 aliphatic heterocycles. The summed E-state index contributed by atoms with van der Waals surface area (Å²) in [6.07, 6.45) is 8.71. The molecule has 2 aliphatic rings. The Balaban J connectivity index is 1.38. The number of halogens is 1. The van der Waals surface area contributed by atoms with Crippen molar-refractivity contribution in [2.75, 3.05) is 26.7 Å². The fourth-order valence-corrected chi connectivity index (χ4v) is 5.66. The number of carboxylic acids is 1. The lowest BCUT2D eigenvalue weighted by molar-refractivity contribution is -0.146. The summed E-state index contributed by atoms with van der Waals surface area (Å²) in [7, 11) is 1.59. The van der Waals surface area contributed by atoms with Gasteiger partial charge in [0.05, 0.1) is 18.5 Å². The van der Waals surface area contributed by atoms with Gasteiger partial charge in [-0.15, -0.1) is 0 Å². The largest absolute Gasteiger partial charge is 0.497 e. The van der Waals surface area contributed by atoms with E-state index in [0.29, 0.717) is 36.6 Å². The zero-order valence-corrected chi connectivity index (χ0v) is 19.0. The minimum Gasteiger partial charge on any atom is -0.497 e. The second kappa shape index (κ2) is 10.6. The van der Waals surface area contributed by atoms with Gasteiger partial charge in [-0.25, -0.2) is 4.39 Å². The minimum atomic E-state index is -1.15. The van der Waals surface area contributed by atoms with Gasteiger partial charge in [-0.05, 0) is 80.3 Å². The number of methoxy groups -OCH3 is 1. The molecule has 1 aliphatic carbocycles. The second-order valence-corrected chi connectivity index (χ2v) is 9.59. The van der Waals surface area contributed by atoms with Crippen LogP contribution in [0.15, 0.2) is 30.5 Å². The molecule has 174 valence electrons. The molecule has 0 bridgehead atoms. The lowest BCUT2D eigenvalue weighted by Crippen LogP contribution is -2.45. The van der Waals surface area contributed by atoms with Crippen molar-refractivity contribution < 1.29 is 19.0 Å². The number of piperidine rings is 1. The average molecular weight is 443 g/mol. The van der Waals surface area contributed by atoms with E-state index in [9.17, 15) is 9.90 Å². The lowest BCUT2D eigenvalue weighted by Gasteiger charge is -2.39. The summed E-state index contributed by atoms with van der Waals surface area (Å²) in [5.41, 5.74) is 1.35. The van der Waals surface area contributed by atoms with Crippen molar-refractivity contribution in [3.63, 3.8) is 0 Å². The molecular weight excluding hydrogens is 407 g/mol. The highest BCUT2D eigenvalue weighted by Gasteiger charge is 2.35. The van der Waals surface area contributed by atoms with E-state index in [-0.39, 0.29) is 5.92 Å². The molecule has 0 radical (unpaired) electrons. The molecule has 1 aromatic carbocycles. The molecule has 1 aromatic heterocycles. The zero-order valence-electron chi connectivity index (χ0n) is 19.0. The SMILES string of the molecule is COc1ccc2nccc([C@H](F)CC[C@@H]3CCN(CC4CCCCC4)C[C@@H]3C(=O)O)c2c1. The Hall–Kier alpha value is -2.21. The van der Waals surface area contributed by atoms with E-state index in [1.165, 1.54) is 32.1 Å². The molecule has 1 saturated heterocycles. The molecule has 5 nitrogen and oxygen atoms in total. The molecule has 2 heterocycles. The van der Waals surface area contributed by atoms with E-state index in [2.05, 4.69) is 9.88 Å². The quantitative estimate of drug-likeness (QED) is 0.573. The van der Waals surface area contributed by atoms with E-state index in [0.717, 1.165) is 30.4 Å². The van der Waals surface area contributed by atoms with Crippen LogP contribution in [0.5, 0.6) is 5.75 Å². The highest BCUT2D eigenvalue weighted by molar-refractivity contribution is 5.83. The van der Waals surface area contributed by atoms with Gasteiger partial charge < -0.3 is 14.7 Å². The standard InChI is InChI=1S/C26H35FN2O3/c1-32-20-8-10-25-22(15-20)21(11-13-28-25)24(27)9-7-19-12-14-29(17-23(19)26(30)31)16-18-5-3-2-4-6-18/h8,10-11,13,15,18-19,23-24H,2-7,9,12,14,16-17H2,1H3,(H,30,31)/t19-,23+,24-/m1/s1. The molecule has 1 N–H and O–H groups in total. The van der Waals surface area contributed by atoms with Crippen molar-refractivity contribution in [2.45, 2.75) is 57.5 Å². The summed E-state index contributed by atoms with van der Waals surface area (Å²) in [5.74, 6) is 0.264. The van der Waals surface area contributed by atoms with Crippen molar-refractivity contribution in [3.8, 4) is 5.75 Å². The number of rotatable bonds is 8. The average Bonchev–Trinajstić information content (AvgIpc) is 2.82. The van der Waals surface area contributed by atoms with Crippen LogP contribution in [0.3, 0.4) is 0 Å². The molecule has 3 atom stereocenters.